The molecule has 0 bridgehead atoms. The van der Waals surface area contributed by atoms with Crippen molar-refractivity contribution in [2.75, 3.05) is 7.05 Å². The van der Waals surface area contributed by atoms with Crippen molar-refractivity contribution in [3.8, 4) is 11.3 Å². The molecule has 1 aromatic carbocycles. The van der Waals surface area contributed by atoms with Crippen molar-refractivity contribution < 1.29 is 0 Å². The number of rotatable bonds is 8. The van der Waals surface area contributed by atoms with Gasteiger partial charge < -0.3 is 4.98 Å². The van der Waals surface area contributed by atoms with Crippen LogP contribution in [0.15, 0.2) is 46.8 Å². The van der Waals surface area contributed by atoms with Gasteiger partial charge in [-0.15, -0.1) is 0 Å². The van der Waals surface area contributed by atoms with E-state index in [-0.39, 0.29) is 0 Å². The van der Waals surface area contributed by atoms with Crippen molar-refractivity contribution in [3.05, 3.63) is 47.9 Å². The molecule has 0 aliphatic rings. The van der Waals surface area contributed by atoms with Gasteiger partial charge in [-0.3, -0.25) is 0 Å². The summed E-state index contributed by atoms with van der Waals surface area (Å²) in [5, 5.41) is 8.01. The Morgan fingerprint density at radius 2 is 1.83 bits per heavy atom. The van der Waals surface area contributed by atoms with E-state index in [4.69, 9.17) is 0 Å². The smallest absolute Gasteiger partial charge is 0.109 e. The fourth-order valence-corrected chi connectivity index (χ4v) is 3.02. The average molecular weight is 324 g/mol. The third-order valence-electron chi connectivity index (χ3n) is 4.23. The van der Waals surface area contributed by atoms with Crippen molar-refractivity contribution in [2.24, 2.45) is 10.2 Å². The Balaban J connectivity index is 2.20. The van der Waals surface area contributed by atoms with Gasteiger partial charge in [0.15, 0.2) is 0 Å². The molecule has 4 heteroatoms. The normalized spacial score (nSPS) is 12.5. The monoisotopic (exact) mass is 324 g/mol. The van der Waals surface area contributed by atoms with Crippen molar-refractivity contribution in [2.45, 2.75) is 52.4 Å². The fraction of sp³-hybridized carbons (Fsp3) is 0.450. The van der Waals surface area contributed by atoms with Crippen LogP contribution in [0.3, 0.4) is 0 Å². The average Bonchev–Trinajstić information content (AvgIpc) is 3.09. The van der Waals surface area contributed by atoms with Crippen molar-refractivity contribution in [1.29, 1.82) is 0 Å². The third kappa shape index (κ3) is 4.40. The molecule has 0 saturated heterocycles. The first-order chi connectivity index (χ1) is 11.7. The van der Waals surface area contributed by atoms with Crippen LogP contribution < -0.4 is 0 Å². The zero-order valence-electron chi connectivity index (χ0n) is 15.2. The molecular formula is C20H28N4. The lowest BCUT2D eigenvalue weighted by atomic mass is 9.98. The molecule has 2 rings (SSSR count). The Morgan fingerprint density at radius 3 is 2.38 bits per heavy atom. The standard InChI is InChI=1S/C20H28N4/c1-5-8-17(9-6-2)20-22-14-19(23-20)16-12-10-15(11-13-16)18(7-3)24-21-4/h7,10-14,17H,5-6,8-9H2,1-4H3,(H,22,23)/b18-7-,24-21?. The van der Waals surface area contributed by atoms with Gasteiger partial charge in [-0.1, -0.05) is 57.0 Å². The summed E-state index contributed by atoms with van der Waals surface area (Å²) in [5.41, 5.74) is 4.18. The second kappa shape index (κ2) is 9.16. The topological polar surface area (TPSA) is 53.4 Å². The van der Waals surface area contributed by atoms with Crippen LogP contribution in [0.4, 0.5) is 0 Å². The van der Waals surface area contributed by atoms with E-state index in [1.165, 1.54) is 25.7 Å². The number of aromatic amines is 1. The molecule has 0 atom stereocenters. The summed E-state index contributed by atoms with van der Waals surface area (Å²) in [6, 6.07) is 8.37. The van der Waals surface area contributed by atoms with E-state index < -0.39 is 0 Å². The minimum Gasteiger partial charge on any atom is -0.342 e. The SMILES string of the molecule is C/C=C(\N=NC)c1ccc(-c2cnc(C(CCC)CCC)[nH]2)cc1. The highest BCUT2D eigenvalue weighted by Gasteiger charge is 2.14. The van der Waals surface area contributed by atoms with Crippen molar-refractivity contribution in [3.63, 3.8) is 0 Å². The van der Waals surface area contributed by atoms with Crippen LogP contribution in [-0.4, -0.2) is 17.0 Å². The zero-order chi connectivity index (χ0) is 17.4. The summed E-state index contributed by atoms with van der Waals surface area (Å²) < 4.78 is 0. The molecule has 0 aliphatic carbocycles. The lowest BCUT2D eigenvalue weighted by Gasteiger charge is -2.12. The number of hydrogen-bond donors (Lipinski definition) is 1. The van der Waals surface area contributed by atoms with Gasteiger partial charge in [-0.2, -0.15) is 10.2 Å². The molecule has 0 saturated carbocycles. The lowest BCUT2D eigenvalue weighted by Crippen LogP contribution is -2.00. The van der Waals surface area contributed by atoms with Gasteiger partial charge in [0.1, 0.15) is 5.82 Å². The van der Waals surface area contributed by atoms with Crippen LogP contribution in [0.25, 0.3) is 17.0 Å². The number of benzene rings is 1. The van der Waals surface area contributed by atoms with E-state index in [1.807, 2.05) is 19.2 Å². The second-order valence-electron chi connectivity index (χ2n) is 6.01. The van der Waals surface area contributed by atoms with Crippen molar-refractivity contribution in [1.82, 2.24) is 9.97 Å². The molecule has 1 aromatic heterocycles. The van der Waals surface area contributed by atoms with Crippen molar-refractivity contribution >= 4 is 5.70 Å². The Kier molecular flexibility index (Phi) is 6.91. The summed E-state index contributed by atoms with van der Waals surface area (Å²) in [6.45, 7) is 6.44. The number of allylic oxidation sites excluding steroid dienone is 1. The van der Waals surface area contributed by atoms with Crippen LogP contribution in [0, 0.1) is 0 Å². The van der Waals surface area contributed by atoms with Gasteiger partial charge in [-0.05, 0) is 25.3 Å². The summed E-state index contributed by atoms with van der Waals surface area (Å²) >= 11 is 0. The van der Waals surface area contributed by atoms with Crippen LogP contribution in [0.1, 0.15) is 63.8 Å². The summed E-state index contributed by atoms with van der Waals surface area (Å²) in [4.78, 5) is 8.15. The summed E-state index contributed by atoms with van der Waals surface area (Å²) in [6.07, 6.45) is 8.67. The molecule has 0 amide bonds. The van der Waals surface area contributed by atoms with Gasteiger partial charge in [0, 0.05) is 18.5 Å². The number of hydrogen-bond acceptors (Lipinski definition) is 3. The first kappa shape index (κ1) is 18.1. The van der Waals surface area contributed by atoms with E-state index in [2.05, 4.69) is 58.3 Å². The largest absolute Gasteiger partial charge is 0.342 e. The molecule has 0 radical (unpaired) electrons. The predicted molar refractivity (Wildman–Crippen MR) is 101 cm³/mol. The Bertz CT molecular complexity index is 674. The van der Waals surface area contributed by atoms with Crippen LogP contribution >= 0.6 is 0 Å². The first-order valence-electron chi connectivity index (χ1n) is 8.85. The molecule has 0 fully saturated rings. The maximum absolute atomic E-state index is 4.63. The van der Waals surface area contributed by atoms with E-state index >= 15 is 0 Å². The molecular weight excluding hydrogens is 296 g/mol. The number of nitrogens with one attached hydrogen (secondary N) is 1. The van der Waals surface area contributed by atoms with Gasteiger partial charge in [0.2, 0.25) is 0 Å². The molecule has 1 N–H and O–H groups in total. The number of H-pyrrole nitrogens is 1. The first-order valence-corrected chi connectivity index (χ1v) is 8.85. The number of aromatic nitrogens is 2. The highest BCUT2D eigenvalue weighted by Crippen LogP contribution is 2.27. The number of imidazole rings is 1. The Hall–Kier alpha value is -2.23. The quantitative estimate of drug-likeness (QED) is 0.577. The maximum Gasteiger partial charge on any atom is 0.109 e. The van der Waals surface area contributed by atoms with Gasteiger partial charge in [0.05, 0.1) is 17.6 Å². The predicted octanol–water partition coefficient (Wildman–Crippen LogP) is 6.20. The Morgan fingerprint density at radius 1 is 1.17 bits per heavy atom. The number of azo groups is 1. The third-order valence-corrected chi connectivity index (χ3v) is 4.23. The van der Waals surface area contributed by atoms with E-state index in [1.54, 1.807) is 7.05 Å². The molecule has 0 unspecified atom stereocenters. The maximum atomic E-state index is 4.63. The van der Waals surface area contributed by atoms with Crippen LogP contribution in [0.2, 0.25) is 0 Å². The van der Waals surface area contributed by atoms with E-state index in [9.17, 15) is 0 Å². The van der Waals surface area contributed by atoms with Crippen LogP contribution in [-0.2, 0) is 0 Å². The molecule has 0 aliphatic heterocycles. The number of nitrogens with zero attached hydrogens (tertiary/aromatic N) is 3. The fourth-order valence-electron chi connectivity index (χ4n) is 3.02. The van der Waals surface area contributed by atoms with E-state index in [0.29, 0.717) is 5.92 Å². The second-order valence-corrected chi connectivity index (χ2v) is 6.01. The molecule has 0 spiro atoms. The van der Waals surface area contributed by atoms with Gasteiger partial charge >= 0.3 is 0 Å². The Labute approximate surface area is 145 Å². The minimum absolute atomic E-state index is 0.535. The van der Waals surface area contributed by atoms with E-state index in [0.717, 1.165) is 28.3 Å². The highest BCUT2D eigenvalue weighted by atomic mass is 15.1. The van der Waals surface area contributed by atoms with Gasteiger partial charge in [-0.25, -0.2) is 4.98 Å². The highest BCUT2D eigenvalue weighted by molar-refractivity contribution is 5.68. The lowest BCUT2D eigenvalue weighted by molar-refractivity contribution is 0.538. The van der Waals surface area contributed by atoms with Gasteiger partial charge in [0.25, 0.3) is 0 Å². The molecule has 24 heavy (non-hydrogen) atoms. The molecule has 4 nitrogen and oxygen atoms in total. The zero-order valence-corrected chi connectivity index (χ0v) is 15.2. The molecule has 1 heterocycles. The molecule has 128 valence electrons. The summed E-state index contributed by atoms with van der Waals surface area (Å²) in [5.74, 6) is 1.65. The van der Waals surface area contributed by atoms with Crippen LogP contribution in [0.5, 0.6) is 0 Å². The molecule has 2 aromatic rings. The minimum atomic E-state index is 0.535. The summed E-state index contributed by atoms with van der Waals surface area (Å²) in [7, 11) is 1.69.